The molecule has 0 spiro atoms. The van der Waals surface area contributed by atoms with Crippen LogP contribution in [0.4, 0.5) is 4.79 Å². The normalized spacial score (nSPS) is 17.3. The van der Waals surface area contributed by atoms with E-state index in [9.17, 15) is 19.2 Å². The zero-order valence-corrected chi connectivity index (χ0v) is 24.0. The number of benzene rings is 3. The highest BCUT2D eigenvalue weighted by Crippen LogP contribution is 2.35. The summed E-state index contributed by atoms with van der Waals surface area (Å²) in [5.41, 5.74) is 0.365. The van der Waals surface area contributed by atoms with Crippen molar-refractivity contribution in [3.63, 3.8) is 0 Å². The van der Waals surface area contributed by atoms with Crippen LogP contribution in [0.25, 0.3) is 0 Å². The van der Waals surface area contributed by atoms with E-state index in [2.05, 4.69) is 0 Å². The Kier molecular flexibility index (Phi) is 9.49. The lowest BCUT2D eigenvalue weighted by Crippen LogP contribution is -2.49. The third-order valence-electron chi connectivity index (χ3n) is 7.16. The Hall–Kier alpha value is -3.83. The molecule has 1 aliphatic rings. The van der Waals surface area contributed by atoms with Crippen LogP contribution in [0, 0.1) is 17.8 Å². The van der Waals surface area contributed by atoms with Crippen molar-refractivity contribution in [2.45, 2.75) is 39.8 Å². The smallest absolute Gasteiger partial charge is 0.416 e. The summed E-state index contributed by atoms with van der Waals surface area (Å²) < 4.78 is 11.1. The number of cyclic esters (lactones) is 1. The molecule has 0 unspecified atom stereocenters. The second-order valence-corrected chi connectivity index (χ2v) is 12.5. The van der Waals surface area contributed by atoms with Gasteiger partial charge in [-0.1, -0.05) is 99.6 Å². The number of aldehydes is 1. The van der Waals surface area contributed by atoms with Crippen LogP contribution in [-0.2, 0) is 19.1 Å². The van der Waals surface area contributed by atoms with Gasteiger partial charge in [0.1, 0.15) is 19.0 Å². The summed E-state index contributed by atoms with van der Waals surface area (Å²) in [5, 5.41) is 2.94. The van der Waals surface area contributed by atoms with Crippen molar-refractivity contribution in [3.8, 4) is 0 Å². The van der Waals surface area contributed by atoms with Gasteiger partial charge in [0.25, 0.3) is 0 Å². The maximum atomic E-state index is 13.8. The van der Waals surface area contributed by atoms with Crippen LogP contribution in [0.2, 0.25) is 0 Å². The molecule has 4 rings (SSSR count). The molecule has 7 nitrogen and oxygen atoms in total. The number of nitrogens with zero attached hydrogens (tertiary/aromatic N) is 1. The molecular formula is C32H34NO6P. The van der Waals surface area contributed by atoms with Crippen LogP contribution in [0.3, 0.4) is 0 Å². The van der Waals surface area contributed by atoms with Crippen LogP contribution in [0.1, 0.15) is 38.1 Å². The summed E-state index contributed by atoms with van der Waals surface area (Å²) in [6, 6.07) is 26.8. The van der Waals surface area contributed by atoms with Gasteiger partial charge in [-0.3, -0.25) is 4.79 Å². The van der Waals surface area contributed by atoms with Crippen LogP contribution >= 0.6 is 7.92 Å². The second-order valence-electron chi connectivity index (χ2n) is 10.3. The molecule has 2 amide bonds. The van der Waals surface area contributed by atoms with Crippen molar-refractivity contribution in [2.75, 3.05) is 6.61 Å². The number of carbonyl (C=O) groups excluding carboxylic acids is 4. The largest absolute Gasteiger partial charge is 0.457 e. The third-order valence-corrected chi connectivity index (χ3v) is 9.67. The Morgan fingerprint density at radius 3 is 2.00 bits per heavy atom. The molecule has 4 atom stereocenters. The van der Waals surface area contributed by atoms with E-state index in [0.29, 0.717) is 11.8 Å². The molecule has 1 aliphatic heterocycles. The van der Waals surface area contributed by atoms with Crippen molar-refractivity contribution in [1.82, 2.24) is 4.90 Å². The van der Waals surface area contributed by atoms with Gasteiger partial charge in [0, 0.05) is 5.92 Å². The third kappa shape index (κ3) is 6.15. The minimum absolute atomic E-state index is 0.0193. The molecule has 1 heterocycles. The number of hydrogen-bond acceptors (Lipinski definition) is 6. The van der Waals surface area contributed by atoms with Gasteiger partial charge in [0.05, 0.1) is 17.5 Å². The first-order chi connectivity index (χ1) is 19.2. The Morgan fingerprint density at radius 1 is 0.900 bits per heavy atom. The number of carbonyl (C=O) groups is 4. The highest BCUT2D eigenvalue weighted by atomic mass is 31.1. The van der Waals surface area contributed by atoms with Gasteiger partial charge >= 0.3 is 12.1 Å². The molecule has 0 radical (unpaired) electrons. The highest BCUT2D eigenvalue weighted by molar-refractivity contribution is 7.80. The molecule has 3 aromatic carbocycles. The molecular weight excluding hydrogens is 525 g/mol. The number of imide groups is 1. The van der Waals surface area contributed by atoms with E-state index in [1.54, 1.807) is 26.0 Å². The second kappa shape index (κ2) is 13.0. The quantitative estimate of drug-likeness (QED) is 0.207. The average molecular weight is 560 g/mol. The van der Waals surface area contributed by atoms with Crippen LogP contribution in [-0.4, -0.2) is 47.9 Å². The van der Waals surface area contributed by atoms with Gasteiger partial charge in [-0.25, -0.2) is 14.5 Å². The summed E-state index contributed by atoms with van der Waals surface area (Å²) in [6.45, 7) is 7.09. The van der Waals surface area contributed by atoms with Crippen LogP contribution in [0.15, 0.2) is 84.9 Å². The Bertz CT molecular complexity index is 1310. The fourth-order valence-corrected chi connectivity index (χ4v) is 7.33. The van der Waals surface area contributed by atoms with Crippen molar-refractivity contribution < 1.29 is 28.7 Å². The van der Waals surface area contributed by atoms with Gasteiger partial charge < -0.3 is 14.3 Å². The van der Waals surface area contributed by atoms with E-state index in [0.717, 1.165) is 20.8 Å². The predicted octanol–water partition coefficient (Wildman–Crippen LogP) is 4.44. The van der Waals surface area contributed by atoms with Gasteiger partial charge in [0.2, 0.25) is 5.91 Å². The summed E-state index contributed by atoms with van der Waals surface area (Å²) >= 11 is 0. The molecule has 40 heavy (non-hydrogen) atoms. The molecule has 1 saturated heterocycles. The summed E-state index contributed by atoms with van der Waals surface area (Å²) in [7, 11) is -1.10. The molecule has 208 valence electrons. The van der Waals surface area contributed by atoms with E-state index < -0.39 is 49.9 Å². The fourth-order valence-electron chi connectivity index (χ4n) is 4.89. The SMILES string of the molecule is CC(C)[C@H]1COC(=O)N1C(=O)[C@@H](C)[C@@H](OC(=O)c1ccccc1P(c1ccccc1)c1ccccc1)[C@@H](C)C=O. The van der Waals surface area contributed by atoms with Crippen LogP contribution in [0.5, 0.6) is 0 Å². The fraction of sp³-hybridized carbons (Fsp3) is 0.312. The summed E-state index contributed by atoms with van der Waals surface area (Å²) in [6.07, 6.45) is -1.14. The van der Waals surface area contributed by atoms with Crippen molar-refractivity contribution in [3.05, 3.63) is 90.5 Å². The lowest BCUT2D eigenvalue weighted by molar-refractivity contribution is -0.139. The van der Waals surface area contributed by atoms with Crippen LogP contribution < -0.4 is 15.9 Å². The number of amides is 2. The van der Waals surface area contributed by atoms with Crippen molar-refractivity contribution in [1.29, 1.82) is 0 Å². The summed E-state index contributed by atoms with van der Waals surface area (Å²) in [4.78, 5) is 52.8. The minimum atomic E-state index is -1.10. The molecule has 0 N–H and O–H groups in total. The molecule has 0 saturated carbocycles. The molecule has 0 bridgehead atoms. The lowest BCUT2D eigenvalue weighted by atomic mass is 9.92. The average Bonchev–Trinajstić information content (AvgIpc) is 3.37. The maximum absolute atomic E-state index is 13.8. The topological polar surface area (TPSA) is 90.0 Å². The zero-order valence-electron chi connectivity index (χ0n) is 23.1. The molecule has 0 aromatic heterocycles. The van der Waals surface area contributed by atoms with Gasteiger partial charge in [-0.15, -0.1) is 0 Å². The highest BCUT2D eigenvalue weighted by Gasteiger charge is 2.44. The predicted molar refractivity (Wildman–Crippen MR) is 156 cm³/mol. The number of rotatable bonds is 10. The maximum Gasteiger partial charge on any atom is 0.416 e. The first-order valence-corrected chi connectivity index (χ1v) is 14.7. The van der Waals surface area contributed by atoms with E-state index in [-0.39, 0.29) is 12.5 Å². The Balaban J connectivity index is 1.68. The number of ether oxygens (including phenoxy) is 2. The lowest BCUT2D eigenvalue weighted by Gasteiger charge is -2.31. The van der Waals surface area contributed by atoms with Crippen molar-refractivity contribution >= 4 is 48.1 Å². The van der Waals surface area contributed by atoms with Gasteiger partial charge in [0.15, 0.2) is 0 Å². The zero-order chi connectivity index (χ0) is 28.8. The molecule has 8 heteroatoms. The van der Waals surface area contributed by atoms with Crippen molar-refractivity contribution in [2.24, 2.45) is 17.8 Å². The van der Waals surface area contributed by atoms with E-state index in [1.807, 2.05) is 86.6 Å². The molecule has 0 aliphatic carbocycles. The first-order valence-electron chi connectivity index (χ1n) is 13.4. The monoisotopic (exact) mass is 559 g/mol. The van der Waals surface area contributed by atoms with Gasteiger partial charge in [-0.05, 0) is 42.7 Å². The molecule has 3 aromatic rings. The number of esters is 1. The Morgan fingerprint density at radius 2 is 1.45 bits per heavy atom. The van der Waals surface area contributed by atoms with E-state index >= 15 is 0 Å². The minimum Gasteiger partial charge on any atom is -0.457 e. The van der Waals surface area contributed by atoms with Gasteiger partial charge in [-0.2, -0.15) is 0 Å². The first kappa shape index (κ1) is 29.2. The molecule has 1 fully saturated rings. The Labute approximate surface area is 236 Å². The standard InChI is InChI=1S/C32H34NO6P/c1-21(2)27-20-38-32(37)33(27)30(35)23(4)29(22(3)19-34)39-31(36)26-17-11-12-18-28(26)40(24-13-7-5-8-14-24)25-15-9-6-10-16-25/h5-19,21-23,27,29H,20H2,1-4H3/t22-,23-,27+,29-/m0/s1. The van der Waals surface area contributed by atoms with E-state index in [4.69, 9.17) is 9.47 Å². The summed E-state index contributed by atoms with van der Waals surface area (Å²) in [5.74, 6) is -2.91. The van der Waals surface area contributed by atoms with E-state index in [1.165, 1.54) is 0 Å². The number of hydrogen-bond donors (Lipinski definition) is 0.